The molecular formula is C15H10ClN5S. The fourth-order valence-corrected chi connectivity index (χ4v) is 2.98. The van der Waals surface area contributed by atoms with Crippen LogP contribution in [0.1, 0.15) is 0 Å². The molecule has 7 heteroatoms. The quantitative estimate of drug-likeness (QED) is 0.611. The van der Waals surface area contributed by atoms with Gasteiger partial charge in [0.05, 0.1) is 0 Å². The highest BCUT2D eigenvalue weighted by atomic mass is 35.5. The number of fused-ring (bicyclic) bond motifs is 1. The molecule has 0 fully saturated rings. The summed E-state index contributed by atoms with van der Waals surface area (Å²) in [5.41, 5.74) is 1.91. The molecule has 2 heterocycles. The van der Waals surface area contributed by atoms with E-state index in [-0.39, 0.29) is 0 Å². The highest BCUT2D eigenvalue weighted by Gasteiger charge is 2.13. The lowest BCUT2D eigenvalue weighted by Gasteiger charge is -2.00. The van der Waals surface area contributed by atoms with Crippen molar-refractivity contribution in [1.82, 2.24) is 19.8 Å². The van der Waals surface area contributed by atoms with Crippen LogP contribution in [-0.4, -0.2) is 19.8 Å². The van der Waals surface area contributed by atoms with Crippen LogP contribution in [0.3, 0.4) is 0 Å². The smallest absolute Gasteiger partial charge is 0.236 e. The van der Waals surface area contributed by atoms with Gasteiger partial charge in [0.15, 0.2) is 5.82 Å². The molecule has 0 spiro atoms. The van der Waals surface area contributed by atoms with Gasteiger partial charge in [0.25, 0.3) is 0 Å². The summed E-state index contributed by atoms with van der Waals surface area (Å²) in [6, 6.07) is 17.4. The number of anilines is 2. The van der Waals surface area contributed by atoms with Crippen LogP contribution in [0.4, 0.5) is 10.8 Å². The third kappa shape index (κ3) is 2.43. The zero-order chi connectivity index (χ0) is 14.9. The van der Waals surface area contributed by atoms with Gasteiger partial charge < -0.3 is 5.32 Å². The van der Waals surface area contributed by atoms with Crippen molar-refractivity contribution in [2.45, 2.75) is 0 Å². The molecule has 0 radical (unpaired) electrons. The zero-order valence-electron chi connectivity index (χ0n) is 11.3. The molecule has 0 aliphatic rings. The zero-order valence-corrected chi connectivity index (χ0v) is 12.8. The predicted molar refractivity (Wildman–Crippen MR) is 88.8 cm³/mol. The monoisotopic (exact) mass is 327 g/mol. The molecule has 108 valence electrons. The number of hydrogen-bond acceptors (Lipinski definition) is 5. The Kier molecular flexibility index (Phi) is 3.25. The van der Waals surface area contributed by atoms with Crippen LogP contribution < -0.4 is 5.32 Å². The largest absolute Gasteiger partial charge is 0.330 e. The first kappa shape index (κ1) is 13.2. The van der Waals surface area contributed by atoms with Crippen molar-refractivity contribution >= 4 is 38.7 Å². The topological polar surface area (TPSA) is 55.1 Å². The third-order valence-corrected chi connectivity index (χ3v) is 4.18. The summed E-state index contributed by atoms with van der Waals surface area (Å²) in [4.78, 5) is 0.739. The van der Waals surface area contributed by atoms with Crippen molar-refractivity contribution < 1.29 is 0 Å². The Balaban J connectivity index is 1.71. The first-order valence-corrected chi connectivity index (χ1v) is 7.79. The Bertz CT molecular complexity index is 914. The minimum atomic E-state index is 0.689. The molecular weight excluding hydrogens is 318 g/mol. The highest BCUT2D eigenvalue weighted by Crippen LogP contribution is 2.26. The van der Waals surface area contributed by atoms with Gasteiger partial charge in [-0.05, 0) is 36.4 Å². The second kappa shape index (κ2) is 5.40. The molecule has 0 saturated carbocycles. The van der Waals surface area contributed by atoms with Gasteiger partial charge in [0, 0.05) is 16.3 Å². The Morgan fingerprint density at radius 3 is 2.50 bits per heavy atom. The van der Waals surface area contributed by atoms with Gasteiger partial charge in [-0.2, -0.15) is 4.52 Å². The molecule has 4 rings (SSSR count). The average molecular weight is 328 g/mol. The molecule has 2 aromatic heterocycles. The van der Waals surface area contributed by atoms with Crippen LogP contribution in [-0.2, 0) is 0 Å². The maximum atomic E-state index is 5.92. The third-order valence-electron chi connectivity index (χ3n) is 3.12. The Morgan fingerprint density at radius 2 is 1.73 bits per heavy atom. The molecule has 0 unspecified atom stereocenters. The van der Waals surface area contributed by atoms with Crippen molar-refractivity contribution in [3.05, 3.63) is 59.6 Å². The summed E-state index contributed by atoms with van der Waals surface area (Å²) in [5, 5.41) is 17.6. The lowest BCUT2D eigenvalue weighted by atomic mass is 10.2. The molecule has 0 saturated heterocycles. The fraction of sp³-hybridized carbons (Fsp3) is 0. The lowest BCUT2D eigenvalue weighted by molar-refractivity contribution is 0.970. The average Bonchev–Trinajstić information content (AvgIpc) is 3.09. The van der Waals surface area contributed by atoms with Crippen LogP contribution in [0.15, 0.2) is 54.6 Å². The fourth-order valence-electron chi connectivity index (χ4n) is 2.09. The number of nitrogens with one attached hydrogen (secondary N) is 1. The van der Waals surface area contributed by atoms with Gasteiger partial charge in [-0.3, -0.25) is 0 Å². The van der Waals surface area contributed by atoms with E-state index >= 15 is 0 Å². The van der Waals surface area contributed by atoms with Crippen molar-refractivity contribution in [1.29, 1.82) is 0 Å². The molecule has 5 nitrogen and oxygen atoms in total. The Morgan fingerprint density at radius 1 is 0.955 bits per heavy atom. The predicted octanol–water partition coefficient (Wildman–Crippen LogP) is 4.25. The number of para-hydroxylation sites is 1. The van der Waals surface area contributed by atoms with E-state index in [2.05, 4.69) is 20.6 Å². The number of benzene rings is 2. The molecule has 0 aliphatic carbocycles. The summed E-state index contributed by atoms with van der Waals surface area (Å²) in [6.07, 6.45) is 0. The molecule has 4 aromatic rings. The minimum absolute atomic E-state index is 0.689. The van der Waals surface area contributed by atoms with E-state index in [1.807, 2.05) is 54.6 Å². The lowest BCUT2D eigenvalue weighted by Crippen LogP contribution is -1.93. The molecule has 0 aliphatic heterocycles. The van der Waals surface area contributed by atoms with E-state index in [9.17, 15) is 0 Å². The van der Waals surface area contributed by atoms with Crippen LogP contribution in [0.2, 0.25) is 5.02 Å². The second-order valence-electron chi connectivity index (χ2n) is 4.62. The summed E-state index contributed by atoms with van der Waals surface area (Å²) >= 11 is 7.37. The van der Waals surface area contributed by atoms with Crippen molar-refractivity contribution in [2.75, 3.05) is 5.32 Å². The van der Waals surface area contributed by atoms with Gasteiger partial charge in [-0.15, -0.1) is 15.3 Å². The maximum Gasteiger partial charge on any atom is 0.236 e. The minimum Gasteiger partial charge on any atom is -0.330 e. The number of nitrogens with zero attached hydrogens (tertiary/aromatic N) is 4. The van der Waals surface area contributed by atoms with Crippen LogP contribution in [0.5, 0.6) is 0 Å². The molecule has 0 amide bonds. The molecule has 1 N–H and O–H groups in total. The van der Waals surface area contributed by atoms with Crippen molar-refractivity contribution in [2.24, 2.45) is 0 Å². The number of halogens is 1. The van der Waals surface area contributed by atoms with E-state index in [1.165, 1.54) is 11.3 Å². The van der Waals surface area contributed by atoms with Gasteiger partial charge in [-0.25, -0.2) is 0 Å². The van der Waals surface area contributed by atoms with E-state index in [0.717, 1.165) is 21.3 Å². The Hall–Kier alpha value is -2.44. The van der Waals surface area contributed by atoms with Crippen molar-refractivity contribution in [3.8, 4) is 11.4 Å². The molecule has 2 aromatic carbocycles. The maximum absolute atomic E-state index is 5.92. The summed E-state index contributed by atoms with van der Waals surface area (Å²) in [5.74, 6) is 0.698. The van der Waals surface area contributed by atoms with E-state index in [0.29, 0.717) is 10.8 Å². The van der Waals surface area contributed by atoms with Crippen LogP contribution >= 0.6 is 22.9 Å². The number of hydrogen-bond donors (Lipinski definition) is 1. The second-order valence-corrected chi connectivity index (χ2v) is 6.02. The SMILES string of the molecule is Clc1ccc(-c2nnc3sc(Nc4ccccc4)nn23)cc1. The van der Waals surface area contributed by atoms with Gasteiger partial charge in [0.2, 0.25) is 10.1 Å². The van der Waals surface area contributed by atoms with Crippen LogP contribution in [0.25, 0.3) is 16.3 Å². The summed E-state index contributed by atoms with van der Waals surface area (Å²) < 4.78 is 1.74. The van der Waals surface area contributed by atoms with Gasteiger partial charge in [-0.1, -0.05) is 41.1 Å². The standard InChI is InChI=1S/C15H10ClN5S/c16-11-8-6-10(7-9-11)13-18-19-15-21(13)20-14(22-15)17-12-4-2-1-3-5-12/h1-9H,(H,17,20). The van der Waals surface area contributed by atoms with E-state index < -0.39 is 0 Å². The summed E-state index contributed by atoms with van der Waals surface area (Å²) in [6.45, 7) is 0. The Labute approximate surface area is 135 Å². The van der Waals surface area contributed by atoms with Crippen LogP contribution in [0, 0.1) is 0 Å². The first-order chi connectivity index (χ1) is 10.8. The molecule has 0 atom stereocenters. The highest BCUT2D eigenvalue weighted by molar-refractivity contribution is 7.20. The van der Waals surface area contributed by atoms with E-state index in [1.54, 1.807) is 4.52 Å². The van der Waals surface area contributed by atoms with Crippen molar-refractivity contribution in [3.63, 3.8) is 0 Å². The molecule has 22 heavy (non-hydrogen) atoms. The van der Waals surface area contributed by atoms with Gasteiger partial charge >= 0.3 is 0 Å². The van der Waals surface area contributed by atoms with E-state index in [4.69, 9.17) is 11.6 Å². The normalized spacial score (nSPS) is 11.0. The summed E-state index contributed by atoms with van der Waals surface area (Å²) in [7, 11) is 0. The number of aromatic nitrogens is 4. The molecule has 0 bridgehead atoms. The van der Waals surface area contributed by atoms with Gasteiger partial charge in [0.1, 0.15) is 0 Å². The number of rotatable bonds is 3. The first-order valence-electron chi connectivity index (χ1n) is 6.60.